The van der Waals surface area contributed by atoms with Gasteiger partial charge in [0.05, 0.1) is 6.61 Å². The molecule has 0 saturated heterocycles. The Labute approximate surface area is 171 Å². The summed E-state index contributed by atoms with van der Waals surface area (Å²) in [4.78, 5) is 11.8. The van der Waals surface area contributed by atoms with E-state index in [-0.39, 0.29) is 18.7 Å². The van der Waals surface area contributed by atoms with Gasteiger partial charge in [-0.1, -0.05) is 26.0 Å². The summed E-state index contributed by atoms with van der Waals surface area (Å²) >= 11 is 0. The van der Waals surface area contributed by atoms with Crippen LogP contribution in [0, 0.1) is 12.7 Å². The van der Waals surface area contributed by atoms with Crippen molar-refractivity contribution in [3.63, 3.8) is 0 Å². The van der Waals surface area contributed by atoms with Gasteiger partial charge in [-0.25, -0.2) is 12.8 Å². The van der Waals surface area contributed by atoms with Crippen molar-refractivity contribution in [3.05, 3.63) is 59.4 Å². The van der Waals surface area contributed by atoms with Crippen LogP contribution >= 0.6 is 0 Å². The quantitative estimate of drug-likeness (QED) is 0.596. The van der Waals surface area contributed by atoms with Crippen molar-refractivity contribution in [2.45, 2.75) is 32.1 Å². The molecule has 8 heteroatoms. The standard InChI is InChI=1S/C21H27FN2O4S/c1-4-24(5-2)29(26,27)20-15-17(10-11-19(20)22)21(25)23-12-7-13-28-18-9-6-8-16(3)14-18/h6,8-11,14-15H,4-5,7,12-13H2,1-3H3,(H,23,25). The van der Waals surface area contributed by atoms with Crippen molar-refractivity contribution in [2.75, 3.05) is 26.2 Å². The number of sulfonamides is 1. The second kappa shape index (κ2) is 10.4. The molecule has 158 valence electrons. The number of carbonyl (C=O) groups is 1. The first-order valence-corrected chi connectivity index (χ1v) is 11.0. The largest absolute Gasteiger partial charge is 0.494 e. The number of benzene rings is 2. The lowest BCUT2D eigenvalue weighted by Crippen LogP contribution is -2.32. The minimum atomic E-state index is -3.99. The maximum absolute atomic E-state index is 14.1. The van der Waals surface area contributed by atoms with Crippen molar-refractivity contribution in [3.8, 4) is 5.75 Å². The first-order chi connectivity index (χ1) is 13.8. The van der Waals surface area contributed by atoms with Gasteiger partial charge in [0.25, 0.3) is 5.91 Å². The van der Waals surface area contributed by atoms with Crippen LogP contribution in [0.1, 0.15) is 36.2 Å². The molecular formula is C21H27FN2O4S. The number of ether oxygens (including phenoxy) is 1. The van der Waals surface area contributed by atoms with Crippen LogP contribution in [0.15, 0.2) is 47.4 Å². The van der Waals surface area contributed by atoms with Gasteiger partial charge in [0.15, 0.2) is 0 Å². The van der Waals surface area contributed by atoms with Crippen LogP contribution in [0.3, 0.4) is 0 Å². The Balaban J connectivity index is 1.95. The van der Waals surface area contributed by atoms with E-state index < -0.39 is 26.6 Å². The highest BCUT2D eigenvalue weighted by atomic mass is 32.2. The van der Waals surface area contributed by atoms with Crippen molar-refractivity contribution < 1.29 is 22.3 Å². The van der Waals surface area contributed by atoms with E-state index in [0.29, 0.717) is 19.6 Å². The molecule has 0 bridgehead atoms. The fourth-order valence-electron chi connectivity index (χ4n) is 2.82. The van der Waals surface area contributed by atoms with Gasteiger partial charge in [-0.15, -0.1) is 0 Å². The lowest BCUT2D eigenvalue weighted by Gasteiger charge is -2.19. The lowest BCUT2D eigenvalue weighted by atomic mass is 10.2. The summed E-state index contributed by atoms with van der Waals surface area (Å²) in [5.41, 5.74) is 1.19. The zero-order valence-corrected chi connectivity index (χ0v) is 17.8. The Morgan fingerprint density at radius 2 is 1.86 bits per heavy atom. The number of carbonyl (C=O) groups excluding carboxylic acids is 1. The summed E-state index contributed by atoms with van der Waals surface area (Å²) in [5.74, 6) is -0.572. The number of halogens is 1. The fourth-order valence-corrected chi connectivity index (χ4v) is 4.36. The van der Waals surface area contributed by atoms with Gasteiger partial charge in [0.1, 0.15) is 16.5 Å². The molecule has 0 heterocycles. The third-order valence-corrected chi connectivity index (χ3v) is 6.45. The highest BCUT2D eigenvalue weighted by Crippen LogP contribution is 2.21. The molecule has 2 rings (SSSR count). The zero-order chi connectivity index (χ0) is 21.4. The Morgan fingerprint density at radius 1 is 1.14 bits per heavy atom. The van der Waals surface area contributed by atoms with Gasteiger partial charge in [0, 0.05) is 25.2 Å². The van der Waals surface area contributed by atoms with Crippen LogP contribution in [0.25, 0.3) is 0 Å². The molecule has 0 aliphatic carbocycles. The Hall–Kier alpha value is -2.45. The summed E-state index contributed by atoms with van der Waals surface area (Å²) in [6, 6.07) is 11.0. The first-order valence-electron chi connectivity index (χ1n) is 9.57. The van der Waals surface area contributed by atoms with Gasteiger partial charge in [-0.3, -0.25) is 4.79 Å². The molecule has 2 aromatic rings. The molecule has 6 nitrogen and oxygen atoms in total. The molecule has 0 fully saturated rings. The molecule has 29 heavy (non-hydrogen) atoms. The molecule has 0 atom stereocenters. The molecule has 2 aromatic carbocycles. The molecule has 0 saturated carbocycles. The van der Waals surface area contributed by atoms with E-state index in [9.17, 15) is 17.6 Å². The first kappa shape index (κ1) is 22.8. The monoisotopic (exact) mass is 422 g/mol. The van der Waals surface area contributed by atoms with E-state index >= 15 is 0 Å². The molecule has 0 spiro atoms. The third kappa shape index (κ3) is 6.01. The smallest absolute Gasteiger partial charge is 0.251 e. The van der Waals surface area contributed by atoms with E-state index in [0.717, 1.165) is 27.8 Å². The summed E-state index contributed by atoms with van der Waals surface area (Å²) in [6.45, 7) is 6.54. The molecule has 0 aromatic heterocycles. The van der Waals surface area contributed by atoms with Crippen molar-refractivity contribution in [2.24, 2.45) is 0 Å². The van der Waals surface area contributed by atoms with E-state index in [1.165, 1.54) is 6.07 Å². The molecule has 0 radical (unpaired) electrons. The van der Waals surface area contributed by atoms with Gasteiger partial charge < -0.3 is 10.1 Å². The summed E-state index contributed by atoms with van der Waals surface area (Å²) in [6.07, 6.45) is 0.575. The van der Waals surface area contributed by atoms with E-state index in [1.54, 1.807) is 13.8 Å². The topological polar surface area (TPSA) is 75.7 Å². The summed E-state index contributed by atoms with van der Waals surface area (Å²) in [5, 5.41) is 2.70. The molecule has 1 amide bonds. The van der Waals surface area contributed by atoms with E-state index in [4.69, 9.17) is 4.74 Å². The predicted octanol–water partition coefficient (Wildman–Crippen LogP) is 3.36. The number of nitrogens with one attached hydrogen (secondary N) is 1. The Bertz CT molecular complexity index is 943. The SMILES string of the molecule is CCN(CC)S(=O)(=O)c1cc(C(=O)NCCCOc2cccc(C)c2)ccc1F. The van der Waals surface area contributed by atoms with E-state index in [2.05, 4.69) is 5.32 Å². The Morgan fingerprint density at radius 3 is 2.52 bits per heavy atom. The Kier molecular flexibility index (Phi) is 8.16. The van der Waals surface area contributed by atoms with Crippen LogP contribution in [0.2, 0.25) is 0 Å². The van der Waals surface area contributed by atoms with Gasteiger partial charge in [-0.2, -0.15) is 4.31 Å². The number of amides is 1. The molecular weight excluding hydrogens is 395 g/mol. The second-order valence-corrected chi connectivity index (χ2v) is 8.42. The molecule has 1 N–H and O–H groups in total. The van der Waals surface area contributed by atoms with Crippen molar-refractivity contribution in [1.82, 2.24) is 9.62 Å². The number of nitrogens with zero attached hydrogens (tertiary/aromatic N) is 1. The van der Waals surface area contributed by atoms with Crippen LogP contribution < -0.4 is 10.1 Å². The molecule has 0 unspecified atom stereocenters. The summed E-state index contributed by atoms with van der Waals surface area (Å²) in [7, 11) is -3.99. The average Bonchev–Trinajstić information content (AvgIpc) is 2.68. The maximum atomic E-state index is 14.1. The third-order valence-electron chi connectivity index (χ3n) is 4.38. The van der Waals surface area contributed by atoms with Crippen LogP contribution in [0.5, 0.6) is 5.75 Å². The van der Waals surface area contributed by atoms with Crippen molar-refractivity contribution in [1.29, 1.82) is 0 Å². The summed E-state index contributed by atoms with van der Waals surface area (Å²) < 4.78 is 46.1. The normalized spacial score (nSPS) is 11.5. The van der Waals surface area contributed by atoms with E-state index in [1.807, 2.05) is 31.2 Å². The van der Waals surface area contributed by atoms with Gasteiger partial charge in [0.2, 0.25) is 10.0 Å². The zero-order valence-electron chi connectivity index (χ0n) is 16.9. The van der Waals surface area contributed by atoms with Crippen LogP contribution in [-0.2, 0) is 10.0 Å². The number of hydrogen-bond acceptors (Lipinski definition) is 4. The van der Waals surface area contributed by atoms with Gasteiger partial charge >= 0.3 is 0 Å². The number of aryl methyl sites for hydroxylation is 1. The van der Waals surface area contributed by atoms with Crippen molar-refractivity contribution >= 4 is 15.9 Å². The number of hydrogen-bond donors (Lipinski definition) is 1. The minimum Gasteiger partial charge on any atom is -0.494 e. The lowest BCUT2D eigenvalue weighted by molar-refractivity contribution is 0.0951. The molecule has 0 aliphatic rings. The highest BCUT2D eigenvalue weighted by Gasteiger charge is 2.26. The number of rotatable bonds is 10. The van der Waals surface area contributed by atoms with Gasteiger partial charge in [-0.05, 0) is 49.2 Å². The predicted molar refractivity (Wildman–Crippen MR) is 110 cm³/mol. The van der Waals surface area contributed by atoms with Crippen LogP contribution in [-0.4, -0.2) is 44.9 Å². The highest BCUT2D eigenvalue weighted by molar-refractivity contribution is 7.89. The van der Waals surface area contributed by atoms with Crippen LogP contribution in [0.4, 0.5) is 4.39 Å². The maximum Gasteiger partial charge on any atom is 0.251 e. The fraction of sp³-hybridized carbons (Fsp3) is 0.381. The molecule has 0 aliphatic heterocycles. The minimum absolute atomic E-state index is 0.0942. The average molecular weight is 423 g/mol. The second-order valence-electron chi connectivity index (χ2n) is 6.51.